The Morgan fingerprint density at radius 1 is 0.786 bits per heavy atom. The molecule has 56 heavy (non-hydrogen) atoms. The summed E-state index contributed by atoms with van der Waals surface area (Å²) in [6.45, 7) is 4.71. The lowest BCUT2D eigenvalue weighted by Crippen LogP contribution is -2.28. The fraction of sp³-hybridized carbons (Fsp3) is 0.233. The number of carboxylic acids is 1. The fourth-order valence-electron chi connectivity index (χ4n) is 7.12. The van der Waals surface area contributed by atoms with Gasteiger partial charge in [-0.2, -0.15) is 0 Å². The molecule has 0 amide bonds. The first-order valence-corrected chi connectivity index (χ1v) is 22.4. The van der Waals surface area contributed by atoms with Gasteiger partial charge in [0.25, 0.3) is 0 Å². The van der Waals surface area contributed by atoms with Gasteiger partial charge < -0.3 is 9.67 Å². The maximum Gasteiger partial charge on any atom is 0.309 e. The lowest BCUT2D eigenvalue weighted by molar-refractivity contribution is -0.146. The number of fused-ring (bicyclic) bond motifs is 1. The Hall–Kier alpha value is -4.16. The quantitative estimate of drug-likeness (QED) is 0.106. The van der Waals surface area contributed by atoms with Crippen molar-refractivity contribution in [2.24, 2.45) is 5.41 Å². The smallest absolute Gasteiger partial charge is 0.309 e. The molecular weight excluding hydrogens is 811 g/mol. The van der Waals surface area contributed by atoms with Crippen molar-refractivity contribution in [2.75, 3.05) is 12.3 Å². The number of hydrogen-bond acceptors (Lipinski definition) is 5. The van der Waals surface area contributed by atoms with Crippen LogP contribution in [-0.4, -0.2) is 44.8 Å². The van der Waals surface area contributed by atoms with E-state index in [-0.39, 0.29) is 40.8 Å². The van der Waals surface area contributed by atoms with E-state index in [0.717, 1.165) is 16.6 Å². The number of sulfone groups is 1. The van der Waals surface area contributed by atoms with Crippen molar-refractivity contribution in [2.45, 2.75) is 50.3 Å². The van der Waals surface area contributed by atoms with Crippen molar-refractivity contribution < 1.29 is 26.7 Å². The van der Waals surface area contributed by atoms with Crippen LogP contribution in [-0.2, 0) is 43.2 Å². The Balaban J connectivity index is 1.66. The molecule has 6 rings (SSSR count). The van der Waals surface area contributed by atoms with Gasteiger partial charge in [-0.3, -0.25) is 4.79 Å². The summed E-state index contributed by atoms with van der Waals surface area (Å²) in [5, 5.41) is 11.8. The maximum atomic E-state index is 14.1. The van der Waals surface area contributed by atoms with Crippen LogP contribution in [0.15, 0.2) is 120 Å². The third-order valence-corrected chi connectivity index (χ3v) is 14.0. The number of halogens is 3. The maximum absolute atomic E-state index is 14.1. The summed E-state index contributed by atoms with van der Waals surface area (Å²) in [5.74, 6) is -1.59. The Bertz CT molecular complexity index is 2590. The molecular formula is C43H41Cl3N2O6S2. The lowest BCUT2D eigenvalue weighted by atomic mass is 9.82. The van der Waals surface area contributed by atoms with E-state index in [2.05, 4.69) is 9.29 Å². The van der Waals surface area contributed by atoms with Crippen LogP contribution in [0.4, 0.5) is 0 Å². The van der Waals surface area contributed by atoms with Gasteiger partial charge in [0.05, 0.1) is 37.9 Å². The number of nitrogens with one attached hydrogen (secondary N) is 1. The van der Waals surface area contributed by atoms with Crippen LogP contribution in [0, 0.1) is 5.41 Å². The van der Waals surface area contributed by atoms with E-state index in [9.17, 15) is 26.7 Å². The molecule has 1 aromatic heterocycles. The third kappa shape index (κ3) is 8.86. The van der Waals surface area contributed by atoms with Crippen LogP contribution in [0.5, 0.6) is 0 Å². The molecule has 0 radical (unpaired) electrons. The zero-order valence-corrected chi connectivity index (χ0v) is 34.9. The highest BCUT2D eigenvalue weighted by Crippen LogP contribution is 2.46. The molecule has 13 heteroatoms. The summed E-state index contributed by atoms with van der Waals surface area (Å²) >= 11 is 19.0. The summed E-state index contributed by atoms with van der Waals surface area (Å²) < 4.78 is 60.1. The molecule has 2 N–H and O–H groups in total. The topological polar surface area (TPSA) is 123 Å². The summed E-state index contributed by atoms with van der Waals surface area (Å²) in [4.78, 5) is 12.6. The summed E-state index contributed by atoms with van der Waals surface area (Å²) in [6.07, 6.45) is 0.120. The van der Waals surface area contributed by atoms with Gasteiger partial charge in [-0.25, -0.2) is 21.6 Å². The molecule has 5 aromatic carbocycles. The van der Waals surface area contributed by atoms with E-state index in [4.69, 9.17) is 34.8 Å². The van der Waals surface area contributed by atoms with Crippen LogP contribution in [0.25, 0.3) is 22.0 Å². The van der Waals surface area contributed by atoms with Gasteiger partial charge in [0, 0.05) is 45.7 Å². The Morgan fingerprint density at radius 2 is 1.43 bits per heavy atom. The molecule has 0 fully saturated rings. The first-order valence-electron chi connectivity index (χ1n) is 17.9. The van der Waals surface area contributed by atoms with Crippen LogP contribution < -0.4 is 4.72 Å². The molecule has 0 unspecified atom stereocenters. The number of carbonyl (C=O) groups is 1. The van der Waals surface area contributed by atoms with E-state index < -0.39 is 37.3 Å². The number of aliphatic carboxylic acids is 1. The molecule has 0 saturated heterocycles. The van der Waals surface area contributed by atoms with Gasteiger partial charge in [0.15, 0.2) is 9.84 Å². The van der Waals surface area contributed by atoms with E-state index in [1.54, 1.807) is 63.2 Å². The van der Waals surface area contributed by atoms with Gasteiger partial charge >= 0.3 is 5.97 Å². The number of benzene rings is 5. The highest BCUT2D eigenvalue weighted by molar-refractivity contribution is 7.91. The van der Waals surface area contributed by atoms with Crippen LogP contribution in [0.3, 0.4) is 0 Å². The Morgan fingerprint density at radius 3 is 2.02 bits per heavy atom. The van der Waals surface area contributed by atoms with Crippen molar-refractivity contribution in [3.05, 3.63) is 158 Å². The average Bonchev–Trinajstić information content (AvgIpc) is 3.45. The molecule has 0 aliphatic rings. The normalized spacial score (nSPS) is 12.4. The molecule has 8 nitrogen and oxygen atoms in total. The Labute approximate surface area is 343 Å². The van der Waals surface area contributed by atoms with Gasteiger partial charge in [0.2, 0.25) is 10.0 Å². The predicted molar refractivity (Wildman–Crippen MR) is 226 cm³/mol. The monoisotopic (exact) mass is 850 g/mol. The van der Waals surface area contributed by atoms with Crippen LogP contribution >= 0.6 is 34.8 Å². The number of carboxylic acid groups (broad SMARTS) is 1. The molecule has 0 atom stereocenters. The van der Waals surface area contributed by atoms with Crippen molar-refractivity contribution >= 4 is 71.5 Å². The third-order valence-electron chi connectivity index (χ3n) is 9.87. The molecule has 0 bridgehead atoms. The highest BCUT2D eigenvalue weighted by Gasteiger charge is 2.34. The lowest BCUT2D eigenvalue weighted by Gasteiger charge is -2.26. The number of nitrogens with zero attached hydrogens (tertiary/aromatic N) is 1. The molecule has 292 valence electrons. The molecule has 0 aliphatic carbocycles. The molecule has 1 heterocycles. The number of hydrogen-bond donors (Lipinski definition) is 2. The zero-order chi connectivity index (χ0) is 40.4. The molecule has 0 spiro atoms. The second-order valence-electron chi connectivity index (χ2n) is 14.3. The highest BCUT2D eigenvalue weighted by atomic mass is 35.5. The predicted octanol–water partition coefficient (Wildman–Crippen LogP) is 10.0. The fourth-order valence-corrected chi connectivity index (χ4v) is 9.89. The van der Waals surface area contributed by atoms with Gasteiger partial charge in [-0.15, -0.1) is 0 Å². The van der Waals surface area contributed by atoms with Gasteiger partial charge in [0.1, 0.15) is 0 Å². The largest absolute Gasteiger partial charge is 0.481 e. The van der Waals surface area contributed by atoms with Crippen LogP contribution in [0.2, 0.25) is 15.1 Å². The summed E-state index contributed by atoms with van der Waals surface area (Å²) in [6, 6.07) is 34.3. The first-order chi connectivity index (χ1) is 26.5. The van der Waals surface area contributed by atoms with Crippen LogP contribution in [0.1, 0.15) is 54.8 Å². The van der Waals surface area contributed by atoms with Crippen molar-refractivity contribution in [1.29, 1.82) is 0 Å². The molecule has 0 aliphatic heterocycles. The van der Waals surface area contributed by atoms with E-state index in [0.29, 0.717) is 43.4 Å². The molecule has 6 aromatic rings. The number of aromatic nitrogens is 1. The average molecular weight is 852 g/mol. The summed E-state index contributed by atoms with van der Waals surface area (Å²) in [5.41, 5.74) is 3.82. The minimum absolute atomic E-state index is 0.00843. The minimum atomic E-state index is -3.91. The summed E-state index contributed by atoms with van der Waals surface area (Å²) in [7, 11) is -7.80. The van der Waals surface area contributed by atoms with Crippen molar-refractivity contribution in [3.8, 4) is 11.1 Å². The second kappa shape index (κ2) is 16.7. The zero-order valence-electron chi connectivity index (χ0n) is 31.0. The standard InChI is InChI=1S/C43H41Cl3N2O6S2/c1-4-55(51,52)38-17-11-16-31(26-43(2,3)42(49)50)39(38)40-33-25-32(44)19-21-36(33)48(41(29-12-7-5-8-13-29)30-14-9-6-10-15-30)37(40)22-23-47-56(53,54)27-28-18-20-34(45)35(46)24-28/h5-21,24-25,41,47H,4,22-23,26-27H2,1-3H3,(H,49,50). The first kappa shape index (κ1) is 41.5. The number of sulfonamides is 1. The minimum Gasteiger partial charge on any atom is -0.481 e. The molecule has 0 saturated carbocycles. The second-order valence-corrected chi connectivity index (χ2v) is 19.6. The Kier molecular flexibility index (Phi) is 12.4. The van der Waals surface area contributed by atoms with Crippen molar-refractivity contribution in [1.82, 2.24) is 9.29 Å². The van der Waals surface area contributed by atoms with E-state index in [1.807, 2.05) is 66.7 Å². The SMILES string of the molecule is CCS(=O)(=O)c1cccc(CC(C)(C)C(=O)O)c1-c1c(CCNS(=O)(=O)Cc2ccc(Cl)c(Cl)c2)n(C(c2ccccc2)c2ccccc2)c2ccc(Cl)cc12. The van der Waals surface area contributed by atoms with Gasteiger partial charge in [-0.1, -0.05) is 121 Å². The number of rotatable bonds is 15. The van der Waals surface area contributed by atoms with E-state index in [1.165, 1.54) is 6.07 Å². The van der Waals surface area contributed by atoms with Gasteiger partial charge in [-0.05, 0) is 78.9 Å². The van der Waals surface area contributed by atoms with Crippen molar-refractivity contribution in [3.63, 3.8) is 0 Å². The van der Waals surface area contributed by atoms with E-state index >= 15 is 0 Å².